The molecule has 0 spiro atoms. The second-order valence-electron chi connectivity index (χ2n) is 10.00. The van der Waals surface area contributed by atoms with Gasteiger partial charge in [-0.2, -0.15) is 0 Å². The van der Waals surface area contributed by atoms with Crippen LogP contribution in [0.4, 0.5) is 0 Å². The fourth-order valence-corrected chi connectivity index (χ4v) is 3.81. The van der Waals surface area contributed by atoms with E-state index in [-0.39, 0.29) is 11.7 Å². The van der Waals surface area contributed by atoms with Gasteiger partial charge in [-0.25, -0.2) is 0 Å². The van der Waals surface area contributed by atoms with Crippen LogP contribution in [0.3, 0.4) is 0 Å². The van der Waals surface area contributed by atoms with Gasteiger partial charge in [0.1, 0.15) is 0 Å². The maximum Gasteiger partial charge on any atom is 0.220 e. The van der Waals surface area contributed by atoms with Gasteiger partial charge in [0.15, 0.2) is 11.5 Å². The number of methoxy groups -OCH3 is 1. The molecule has 0 aromatic heterocycles. The average Bonchev–Trinajstić information content (AvgIpc) is 2.86. The van der Waals surface area contributed by atoms with Gasteiger partial charge in [-0.3, -0.25) is 4.79 Å². The number of benzene rings is 1. The molecule has 0 saturated heterocycles. The number of rotatable bonds is 19. The van der Waals surface area contributed by atoms with E-state index in [1.807, 2.05) is 0 Å². The minimum absolute atomic E-state index is 0.0347. The Labute approximate surface area is 220 Å². The highest BCUT2D eigenvalue weighted by molar-refractivity contribution is 5.75. The van der Waals surface area contributed by atoms with E-state index >= 15 is 0 Å². The van der Waals surface area contributed by atoms with Crippen molar-refractivity contribution in [3.05, 3.63) is 72.4 Å². The van der Waals surface area contributed by atoms with Crippen LogP contribution in [0.5, 0.6) is 11.5 Å². The van der Waals surface area contributed by atoms with Gasteiger partial charge in [0.25, 0.3) is 0 Å². The van der Waals surface area contributed by atoms with Crippen molar-refractivity contribution in [2.24, 2.45) is 5.41 Å². The minimum Gasteiger partial charge on any atom is -0.504 e. The number of ether oxygens (including phenoxy) is 1. The molecule has 0 bridgehead atoms. The summed E-state index contributed by atoms with van der Waals surface area (Å²) in [7, 11) is 1.51. The van der Waals surface area contributed by atoms with E-state index in [4.69, 9.17) is 4.74 Å². The van der Waals surface area contributed by atoms with Crippen molar-refractivity contribution in [1.82, 2.24) is 5.32 Å². The lowest BCUT2D eigenvalue weighted by atomic mass is 9.86. The summed E-state index contributed by atoms with van der Waals surface area (Å²) in [5.41, 5.74) is 1.20. The van der Waals surface area contributed by atoms with Crippen LogP contribution in [0.15, 0.2) is 66.8 Å². The van der Waals surface area contributed by atoms with E-state index in [0.717, 1.165) is 37.7 Å². The fourth-order valence-electron chi connectivity index (χ4n) is 3.81. The predicted octanol–water partition coefficient (Wildman–Crippen LogP) is 8.58. The fraction of sp³-hybridized carbons (Fsp3) is 0.531. The molecule has 1 amide bonds. The van der Waals surface area contributed by atoms with E-state index < -0.39 is 0 Å². The van der Waals surface area contributed by atoms with Crippen molar-refractivity contribution in [3.8, 4) is 11.5 Å². The van der Waals surface area contributed by atoms with Gasteiger partial charge in [-0.1, -0.05) is 101 Å². The first-order valence-corrected chi connectivity index (χ1v) is 13.6. The monoisotopic (exact) mass is 495 g/mol. The molecule has 1 rings (SSSR count). The minimum atomic E-state index is 0.0347. The maximum atomic E-state index is 12.0. The smallest absolute Gasteiger partial charge is 0.220 e. The largest absolute Gasteiger partial charge is 0.504 e. The molecule has 0 saturated carbocycles. The number of unbranched alkanes of at least 4 members (excludes halogenated alkanes) is 4. The maximum absolute atomic E-state index is 12.0. The van der Waals surface area contributed by atoms with Crippen molar-refractivity contribution in [3.63, 3.8) is 0 Å². The second-order valence-corrected chi connectivity index (χ2v) is 10.00. The Bertz CT molecular complexity index is 849. The molecule has 0 aliphatic heterocycles. The number of phenolic OH excluding ortho intramolecular Hbond substituents is 1. The van der Waals surface area contributed by atoms with Crippen LogP contribution in [-0.4, -0.2) is 18.1 Å². The highest BCUT2D eigenvalue weighted by atomic mass is 16.5. The zero-order valence-corrected chi connectivity index (χ0v) is 23.1. The number of allylic oxidation sites excluding steroid dienone is 8. The highest BCUT2D eigenvalue weighted by Gasteiger charge is 2.12. The van der Waals surface area contributed by atoms with Crippen LogP contribution in [0, 0.1) is 5.41 Å². The molecular formula is C32H49NO3. The lowest BCUT2D eigenvalue weighted by Crippen LogP contribution is -2.22. The van der Waals surface area contributed by atoms with Gasteiger partial charge >= 0.3 is 0 Å². The quantitative estimate of drug-likeness (QED) is 0.149. The number of nitrogens with one attached hydrogen (secondary N) is 1. The van der Waals surface area contributed by atoms with Crippen LogP contribution in [0.2, 0.25) is 0 Å². The topological polar surface area (TPSA) is 58.6 Å². The summed E-state index contributed by atoms with van der Waals surface area (Å²) < 4.78 is 5.09. The third kappa shape index (κ3) is 16.0. The molecule has 0 heterocycles. The molecule has 4 heteroatoms. The highest BCUT2D eigenvalue weighted by Crippen LogP contribution is 2.26. The Hall–Kier alpha value is -2.75. The van der Waals surface area contributed by atoms with Gasteiger partial charge < -0.3 is 15.2 Å². The van der Waals surface area contributed by atoms with Crippen LogP contribution in [0.1, 0.15) is 97.0 Å². The van der Waals surface area contributed by atoms with Gasteiger partial charge in [-0.05, 0) is 61.6 Å². The van der Waals surface area contributed by atoms with Crippen LogP contribution in [0.25, 0.3) is 0 Å². The summed E-state index contributed by atoms with van der Waals surface area (Å²) in [5, 5.41) is 12.5. The number of amides is 1. The third-order valence-corrected chi connectivity index (χ3v) is 6.07. The molecule has 1 aromatic rings. The Morgan fingerprint density at radius 2 is 1.61 bits per heavy atom. The summed E-state index contributed by atoms with van der Waals surface area (Å²) in [6.45, 7) is 7.36. The molecule has 0 aliphatic rings. The molecule has 200 valence electrons. The van der Waals surface area contributed by atoms with Gasteiger partial charge in [-0.15, -0.1) is 0 Å². The third-order valence-electron chi connectivity index (χ3n) is 6.07. The zero-order valence-electron chi connectivity index (χ0n) is 23.1. The Balaban J connectivity index is 2.07. The SMILES string of the molecule is CCCCCCC(C)(C)/C=C\C/C=C\C/C=C\C/C=C\CCCC(=O)NCc1ccc(O)c(OC)c1. The van der Waals surface area contributed by atoms with E-state index in [1.165, 1.54) is 39.2 Å². The van der Waals surface area contributed by atoms with E-state index in [2.05, 4.69) is 74.7 Å². The van der Waals surface area contributed by atoms with E-state index in [1.54, 1.807) is 18.2 Å². The summed E-state index contributed by atoms with van der Waals surface area (Å²) in [4.78, 5) is 12.0. The lowest BCUT2D eigenvalue weighted by molar-refractivity contribution is -0.121. The first kappa shape index (κ1) is 31.3. The van der Waals surface area contributed by atoms with Crippen LogP contribution in [-0.2, 0) is 11.3 Å². The number of phenols is 1. The standard InChI is InChI=1S/C32H49NO3/c1-5-6-7-19-24-32(2,3)25-20-17-15-13-11-9-8-10-12-14-16-18-21-31(35)33-27-28-22-23-29(34)30(26-28)36-4/h8-9,12-15,20,22-23,25-26,34H,5-7,10-11,16-19,21,24,27H2,1-4H3,(H,33,35)/b9-8-,14-12-,15-13-,25-20-. The van der Waals surface area contributed by atoms with Gasteiger partial charge in [0, 0.05) is 13.0 Å². The van der Waals surface area contributed by atoms with E-state index in [0.29, 0.717) is 24.1 Å². The normalized spacial score (nSPS) is 12.4. The van der Waals surface area contributed by atoms with Crippen LogP contribution >= 0.6 is 0 Å². The predicted molar refractivity (Wildman–Crippen MR) is 153 cm³/mol. The first-order chi connectivity index (χ1) is 17.4. The number of hydrogen-bond acceptors (Lipinski definition) is 3. The Morgan fingerprint density at radius 1 is 0.944 bits per heavy atom. The number of carbonyl (C=O) groups is 1. The van der Waals surface area contributed by atoms with Crippen molar-refractivity contribution in [1.29, 1.82) is 0 Å². The summed E-state index contributed by atoms with van der Waals surface area (Å²) in [6, 6.07) is 5.08. The molecule has 4 nitrogen and oxygen atoms in total. The number of carbonyl (C=O) groups excluding carboxylic acids is 1. The summed E-state index contributed by atoms with van der Waals surface area (Å²) >= 11 is 0. The summed E-state index contributed by atoms with van der Waals surface area (Å²) in [5.74, 6) is 0.547. The zero-order chi connectivity index (χ0) is 26.5. The first-order valence-electron chi connectivity index (χ1n) is 13.6. The van der Waals surface area contributed by atoms with Gasteiger partial charge in [0.2, 0.25) is 5.91 Å². The lowest BCUT2D eigenvalue weighted by Gasteiger charge is -2.19. The Kier molecular flexibility index (Phi) is 16.9. The van der Waals surface area contributed by atoms with Crippen molar-refractivity contribution in [2.45, 2.75) is 97.9 Å². The number of hydrogen-bond donors (Lipinski definition) is 2. The van der Waals surface area contributed by atoms with E-state index in [9.17, 15) is 9.90 Å². The molecule has 0 radical (unpaired) electrons. The molecule has 2 N–H and O–H groups in total. The van der Waals surface area contributed by atoms with Crippen molar-refractivity contribution < 1.29 is 14.6 Å². The Morgan fingerprint density at radius 3 is 2.28 bits per heavy atom. The van der Waals surface area contributed by atoms with Crippen molar-refractivity contribution >= 4 is 5.91 Å². The number of aromatic hydroxyl groups is 1. The van der Waals surface area contributed by atoms with Crippen molar-refractivity contribution in [2.75, 3.05) is 7.11 Å². The molecular weight excluding hydrogens is 446 g/mol. The molecule has 36 heavy (non-hydrogen) atoms. The van der Waals surface area contributed by atoms with Crippen LogP contribution < -0.4 is 10.1 Å². The summed E-state index contributed by atoms with van der Waals surface area (Å²) in [6.07, 6.45) is 29.6. The molecule has 0 unspecified atom stereocenters. The average molecular weight is 496 g/mol. The molecule has 0 fully saturated rings. The second kappa shape index (κ2) is 19.4. The molecule has 0 aliphatic carbocycles. The molecule has 1 aromatic carbocycles. The molecule has 0 atom stereocenters. The van der Waals surface area contributed by atoms with Gasteiger partial charge in [0.05, 0.1) is 7.11 Å².